The Balaban J connectivity index is 1.58. The Morgan fingerprint density at radius 3 is 2.40 bits per heavy atom. The van der Waals surface area contributed by atoms with Gasteiger partial charge in [0.2, 0.25) is 0 Å². The van der Waals surface area contributed by atoms with Gasteiger partial charge in [0.25, 0.3) is 0 Å². The first kappa shape index (κ1) is 20.1. The Kier molecular flexibility index (Phi) is 8.59. The minimum absolute atomic E-state index is 0.546. The van der Waals surface area contributed by atoms with Gasteiger partial charge in [-0.1, -0.05) is 49.7 Å². The molecule has 2 aromatic carbocycles. The molecule has 0 fully saturated rings. The number of benzene rings is 2. The van der Waals surface area contributed by atoms with Crippen LogP contribution in [0, 0.1) is 0 Å². The lowest BCUT2D eigenvalue weighted by atomic mass is 10.0. The minimum Gasteiger partial charge on any atom is -0.362 e. The molecule has 0 atom stereocenters. The fourth-order valence-corrected chi connectivity index (χ4v) is 3.54. The molecule has 0 amide bonds. The van der Waals surface area contributed by atoms with E-state index in [1.807, 2.05) is 23.9 Å². The van der Waals surface area contributed by atoms with Crippen LogP contribution in [0.1, 0.15) is 37.3 Å². The van der Waals surface area contributed by atoms with Crippen molar-refractivity contribution >= 4 is 46.4 Å². The van der Waals surface area contributed by atoms with Crippen LogP contribution < -0.4 is 10.6 Å². The van der Waals surface area contributed by atoms with Crippen molar-refractivity contribution in [2.24, 2.45) is 0 Å². The molecule has 2 nitrogen and oxygen atoms in total. The third-order valence-corrected chi connectivity index (χ3v) is 5.38. The number of halogens is 1. The first-order chi connectivity index (χ1) is 12.0. The van der Waals surface area contributed by atoms with Gasteiger partial charge in [-0.05, 0) is 65.7 Å². The third kappa shape index (κ3) is 7.68. The highest BCUT2D eigenvalue weighted by Crippen LogP contribution is 2.17. The van der Waals surface area contributed by atoms with Crippen LogP contribution in [-0.4, -0.2) is 17.4 Å². The molecule has 0 aromatic heterocycles. The fraction of sp³-hybridized carbons (Fsp3) is 0.350. The van der Waals surface area contributed by atoms with Gasteiger partial charge in [0.1, 0.15) is 0 Å². The molecule has 0 aliphatic rings. The highest BCUT2D eigenvalue weighted by molar-refractivity contribution is 7.98. The number of hydrogen-bond acceptors (Lipinski definition) is 2. The van der Waals surface area contributed by atoms with Gasteiger partial charge in [0, 0.05) is 23.0 Å². The van der Waals surface area contributed by atoms with Crippen LogP contribution in [0.5, 0.6) is 0 Å². The summed E-state index contributed by atoms with van der Waals surface area (Å²) in [6.07, 6.45) is 1.08. The van der Waals surface area contributed by atoms with Crippen LogP contribution in [0.2, 0.25) is 5.02 Å². The molecule has 0 aliphatic carbocycles. The fourth-order valence-electron chi connectivity index (χ4n) is 2.27. The quantitative estimate of drug-likeness (QED) is 0.420. The third-order valence-electron chi connectivity index (χ3n) is 3.77. The van der Waals surface area contributed by atoms with Gasteiger partial charge in [0.15, 0.2) is 5.11 Å². The molecule has 0 saturated carbocycles. The van der Waals surface area contributed by atoms with Crippen LogP contribution in [0.3, 0.4) is 0 Å². The zero-order chi connectivity index (χ0) is 18.1. The average Bonchev–Trinajstić information content (AvgIpc) is 2.60. The van der Waals surface area contributed by atoms with E-state index in [0.717, 1.165) is 35.2 Å². The second kappa shape index (κ2) is 10.7. The van der Waals surface area contributed by atoms with Crippen LogP contribution in [0.25, 0.3) is 0 Å². The molecular weight excluding hydrogens is 368 g/mol. The maximum Gasteiger partial charge on any atom is 0.170 e. The Labute approximate surface area is 165 Å². The number of thioether (sulfide) groups is 1. The number of nitrogens with one attached hydrogen (secondary N) is 2. The van der Waals surface area contributed by atoms with E-state index < -0.39 is 0 Å². The molecule has 0 unspecified atom stereocenters. The van der Waals surface area contributed by atoms with E-state index in [1.165, 1.54) is 11.1 Å². The van der Waals surface area contributed by atoms with E-state index in [9.17, 15) is 0 Å². The molecule has 0 radical (unpaired) electrons. The molecule has 5 heteroatoms. The first-order valence-corrected chi connectivity index (χ1v) is 10.5. The first-order valence-electron chi connectivity index (χ1n) is 8.51. The van der Waals surface area contributed by atoms with Gasteiger partial charge in [-0.15, -0.1) is 0 Å². The van der Waals surface area contributed by atoms with Gasteiger partial charge in [0.05, 0.1) is 0 Å². The summed E-state index contributed by atoms with van der Waals surface area (Å²) in [5, 5.41) is 7.97. The number of hydrogen-bond donors (Lipinski definition) is 2. The van der Waals surface area contributed by atoms with E-state index in [0.29, 0.717) is 11.0 Å². The second-order valence-electron chi connectivity index (χ2n) is 6.19. The topological polar surface area (TPSA) is 24.1 Å². The molecule has 2 N–H and O–H groups in total. The van der Waals surface area contributed by atoms with E-state index in [1.54, 1.807) is 0 Å². The molecule has 25 heavy (non-hydrogen) atoms. The van der Waals surface area contributed by atoms with Crippen LogP contribution >= 0.6 is 35.6 Å². The van der Waals surface area contributed by atoms with Gasteiger partial charge in [-0.3, -0.25) is 0 Å². The largest absolute Gasteiger partial charge is 0.362 e. The Morgan fingerprint density at radius 1 is 1.08 bits per heavy atom. The van der Waals surface area contributed by atoms with Gasteiger partial charge in [-0.25, -0.2) is 0 Å². The summed E-state index contributed by atoms with van der Waals surface area (Å²) < 4.78 is 0. The molecule has 0 heterocycles. The second-order valence-corrected chi connectivity index (χ2v) is 8.14. The van der Waals surface area contributed by atoms with Gasteiger partial charge < -0.3 is 10.6 Å². The summed E-state index contributed by atoms with van der Waals surface area (Å²) in [7, 11) is 0. The SMILES string of the molecule is CC(C)c1ccc(NC(=S)NCCCSCc2ccc(Cl)cc2)cc1. The monoisotopic (exact) mass is 392 g/mol. The van der Waals surface area contributed by atoms with E-state index in [2.05, 4.69) is 60.9 Å². The molecule has 0 bridgehead atoms. The number of anilines is 1. The van der Waals surface area contributed by atoms with Gasteiger partial charge in [-0.2, -0.15) is 11.8 Å². The van der Waals surface area contributed by atoms with Crippen molar-refractivity contribution in [2.45, 2.75) is 31.9 Å². The summed E-state index contributed by atoms with van der Waals surface area (Å²) >= 11 is 13.2. The summed E-state index contributed by atoms with van der Waals surface area (Å²) in [4.78, 5) is 0. The number of thiocarbonyl (C=S) groups is 1. The minimum atomic E-state index is 0.546. The lowest BCUT2D eigenvalue weighted by Crippen LogP contribution is -2.29. The summed E-state index contributed by atoms with van der Waals surface area (Å²) in [5.74, 6) is 2.66. The van der Waals surface area contributed by atoms with Crippen LogP contribution in [-0.2, 0) is 5.75 Å². The maximum atomic E-state index is 5.89. The molecule has 0 spiro atoms. The average molecular weight is 393 g/mol. The van der Waals surface area contributed by atoms with Crippen molar-refractivity contribution in [1.29, 1.82) is 0 Å². The van der Waals surface area contributed by atoms with Crippen molar-refractivity contribution in [2.75, 3.05) is 17.6 Å². The lowest BCUT2D eigenvalue weighted by molar-refractivity contribution is 0.854. The van der Waals surface area contributed by atoms with E-state index >= 15 is 0 Å². The summed E-state index contributed by atoms with van der Waals surface area (Å²) in [6.45, 7) is 5.27. The molecule has 134 valence electrons. The van der Waals surface area contributed by atoms with Gasteiger partial charge >= 0.3 is 0 Å². The summed E-state index contributed by atoms with van der Waals surface area (Å²) in [6, 6.07) is 16.5. The molecule has 0 saturated heterocycles. The molecular formula is C20H25ClN2S2. The zero-order valence-electron chi connectivity index (χ0n) is 14.7. The predicted octanol–water partition coefficient (Wildman–Crippen LogP) is 6.07. The predicted molar refractivity (Wildman–Crippen MR) is 117 cm³/mol. The highest BCUT2D eigenvalue weighted by atomic mass is 35.5. The normalized spacial score (nSPS) is 10.7. The summed E-state index contributed by atoms with van der Waals surface area (Å²) in [5.41, 5.74) is 3.67. The lowest BCUT2D eigenvalue weighted by Gasteiger charge is -2.12. The van der Waals surface area contributed by atoms with Crippen molar-refractivity contribution in [1.82, 2.24) is 5.32 Å². The highest BCUT2D eigenvalue weighted by Gasteiger charge is 2.01. The van der Waals surface area contributed by atoms with Crippen molar-refractivity contribution in [3.05, 3.63) is 64.7 Å². The van der Waals surface area contributed by atoms with E-state index in [4.69, 9.17) is 23.8 Å². The molecule has 2 rings (SSSR count). The number of rotatable bonds is 8. The van der Waals surface area contributed by atoms with Crippen LogP contribution in [0.4, 0.5) is 5.69 Å². The Bertz CT molecular complexity index is 654. The standard InChI is InChI=1S/C20H25ClN2S2/c1-15(2)17-6-10-19(11-7-17)23-20(24)22-12-3-13-25-14-16-4-8-18(21)9-5-16/h4-11,15H,3,12-14H2,1-2H3,(H2,22,23,24). The Hall–Kier alpha value is -1.23. The Morgan fingerprint density at radius 2 is 1.76 bits per heavy atom. The molecule has 2 aromatic rings. The van der Waals surface area contributed by atoms with Crippen LogP contribution in [0.15, 0.2) is 48.5 Å². The van der Waals surface area contributed by atoms with Crippen molar-refractivity contribution in [3.63, 3.8) is 0 Å². The maximum absolute atomic E-state index is 5.89. The van der Waals surface area contributed by atoms with E-state index in [-0.39, 0.29) is 0 Å². The smallest absolute Gasteiger partial charge is 0.170 e. The van der Waals surface area contributed by atoms with Crippen molar-refractivity contribution < 1.29 is 0 Å². The zero-order valence-corrected chi connectivity index (χ0v) is 17.1. The molecule has 0 aliphatic heterocycles. The van der Waals surface area contributed by atoms with Crippen molar-refractivity contribution in [3.8, 4) is 0 Å².